The fourth-order valence-corrected chi connectivity index (χ4v) is 2.63. The number of pyridine rings is 1. The van der Waals surface area contributed by atoms with Gasteiger partial charge in [0.25, 0.3) is 0 Å². The monoisotopic (exact) mass is 319 g/mol. The maximum Gasteiger partial charge on any atom is 0.184 e. The first-order chi connectivity index (χ1) is 8.66. The Bertz CT molecular complexity index is 788. The van der Waals surface area contributed by atoms with Crippen LogP contribution in [0.1, 0.15) is 5.56 Å². The molecule has 0 aliphatic carbocycles. The molecule has 0 aliphatic rings. The van der Waals surface area contributed by atoms with E-state index >= 15 is 0 Å². The first-order valence-corrected chi connectivity index (χ1v) is 6.69. The summed E-state index contributed by atoms with van der Waals surface area (Å²) in [6.45, 7) is 2.06. The van der Waals surface area contributed by atoms with E-state index in [1.54, 1.807) is 6.20 Å². The molecule has 5 heteroatoms. The molecule has 90 valence electrons. The lowest BCUT2D eigenvalue weighted by molar-refractivity contribution is 1.03. The van der Waals surface area contributed by atoms with Crippen LogP contribution in [-0.2, 0) is 0 Å². The van der Waals surface area contributed by atoms with E-state index < -0.39 is 0 Å². The molecule has 0 spiro atoms. The maximum atomic E-state index is 5.39. The minimum Gasteiger partial charge on any atom is -0.329 e. The number of halogens is 1. The number of nitrogens with one attached hydrogen (secondary N) is 1. The Morgan fingerprint density at radius 2 is 2.11 bits per heavy atom. The molecule has 0 amide bonds. The van der Waals surface area contributed by atoms with Crippen LogP contribution in [0.25, 0.3) is 16.9 Å². The zero-order valence-corrected chi connectivity index (χ0v) is 12.0. The van der Waals surface area contributed by atoms with Crippen molar-refractivity contribution in [1.29, 1.82) is 0 Å². The first-order valence-electron chi connectivity index (χ1n) is 5.49. The molecule has 1 N–H and O–H groups in total. The molecule has 2 heterocycles. The van der Waals surface area contributed by atoms with Crippen molar-refractivity contribution in [3.63, 3.8) is 0 Å². The Morgan fingerprint density at radius 3 is 2.89 bits per heavy atom. The molecule has 0 bridgehead atoms. The van der Waals surface area contributed by atoms with Crippen LogP contribution in [0.2, 0.25) is 0 Å². The van der Waals surface area contributed by atoms with Gasteiger partial charge in [-0.25, -0.2) is 4.98 Å². The third kappa shape index (κ3) is 1.79. The van der Waals surface area contributed by atoms with Crippen molar-refractivity contribution in [3.8, 4) is 5.69 Å². The molecule has 0 radical (unpaired) electrons. The van der Waals surface area contributed by atoms with Gasteiger partial charge < -0.3 is 4.98 Å². The van der Waals surface area contributed by atoms with Gasteiger partial charge in [0.15, 0.2) is 10.4 Å². The largest absolute Gasteiger partial charge is 0.329 e. The highest BCUT2D eigenvalue weighted by molar-refractivity contribution is 9.10. The van der Waals surface area contributed by atoms with E-state index in [1.165, 1.54) is 5.56 Å². The summed E-state index contributed by atoms with van der Waals surface area (Å²) in [5, 5.41) is 0. The summed E-state index contributed by atoms with van der Waals surface area (Å²) in [5.41, 5.74) is 4.00. The lowest BCUT2D eigenvalue weighted by Gasteiger charge is -2.07. The number of rotatable bonds is 1. The molecule has 0 atom stereocenters. The second kappa shape index (κ2) is 4.33. The van der Waals surface area contributed by atoms with Crippen LogP contribution in [0.4, 0.5) is 0 Å². The highest BCUT2D eigenvalue weighted by Gasteiger charge is 2.09. The lowest BCUT2D eigenvalue weighted by Crippen LogP contribution is -1.97. The van der Waals surface area contributed by atoms with Gasteiger partial charge in [-0.05, 0) is 52.8 Å². The molecule has 18 heavy (non-hydrogen) atoms. The molecule has 0 saturated carbocycles. The van der Waals surface area contributed by atoms with E-state index in [2.05, 4.69) is 38.9 Å². The second-order valence-electron chi connectivity index (χ2n) is 4.08. The van der Waals surface area contributed by atoms with Gasteiger partial charge in [-0.3, -0.25) is 4.57 Å². The maximum absolute atomic E-state index is 5.39. The van der Waals surface area contributed by atoms with Crippen molar-refractivity contribution in [2.45, 2.75) is 6.92 Å². The van der Waals surface area contributed by atoms with Crippen molar-refractivity contribution in [2.75, 3.05) is 0 Å². The summed E-state index contributed by atoms with van der Waals surface area (Å²) in [5.74, 6) is 0. The zero-order chi connectivity index (χ0) is 12.7. The standard InChI is InChI=1S/C13H10BrN3S/c1-8-4-2-3-5-11(8)17-12-10(16-13(17)18)6-9(14)7-15-12/h2-7H,1H3,(H,16,18). The predicted octanol–water partition coefficient (Wildman–Crippen LogP) is 4.15. The average molecular weight is 320 g/mol. The SMILES string of the molecule is Cc1ccccc1-n1c(=S)[nH]c2cc(Br)cnc21. The van der Waals surface area contributed by atoms with Gasteiger partial charge in [0.1, 0.15) is 0 Å². The molecule has 0 fully saturated rings. The van der Waals surface area contributed by atoms with Crippen LogP contribution in [-0.4, -0.2) is 14.5 Å². The molecular formula is C13H10BrN3S. The Hall–Kier alpha value is -1.46. The Kier molecular flexibility index (Phi) is 2.80. The Morgan fingerprint density at radius 1 is 1.33 bits per heavy atom. The molecule has 3 rings (SSSR count). The van der Waals surface area contributed by atoms with E-state index in [-0.39, 0.29) is 0 Å². The molecule has 3 aromatic rings. The van der Waals surface area contributed by atoms with Crippen LogP contribution in [0, 0.1) is 11.7 Å². The molecule has 0 aliphatic heterocycles. The normalized spacial score (nSPS) is 11.0. The smallest absolute Gasteiger partial charge is 0.184 e. The number of fused-ring (bicyclic) bond motifs is 1. The van der Waals surface area contributed by atoms with E-state index in [0.29, 0.717) is 4.77 Å². The number of aromatic amines is 1. The van der Waals surface area contributed by atoms with Crippen molar-refractivity contribution < 1.29 is 0 Å². The van der Waals surface area contributed by atoms with Gasteiger partial charge in [-0.2, -0.15) is 0 Å². The van der Waals surface area contributed by atoms with Crippen molar-refractivity contribution >= 4 is 39.3 Å². The molecule has 2 aromatic heterocycles. The third-order valence-electron chi connectivity index (χ3n) is 2.85. The lowest BCUT2D eigenvalue weighted by atomic mass is 10.2. The van der Waals surface area contributed by atoms with Crippen molar-refractivity contribution in [1.82, 2.24) is 14.5 Å². The number of hydrogen-bond acceptors (Lipinski definition) is 2. The number of H-pyrrole nitrogens is 1. The van der Waals surface area contributed by atoms with Gasteiger partial charge in [0, 0.05) is 10.7 Å². The number of para-hydroxylation sites is 1. The van der Waals surface area contributed by atoms with Crippen LogP contribution >= 0.6 is 28.1 Å². The number of aromatic nitrogens is 3. The van der Waals surface area contributed by atoms with E-state index in [9.17, 15) is 0 Å². The predicted molar refractivity (Wildman–Crippen MR) is 78.7 cm³/mol. The van der Waals surface area contributed by atoms with Crippen LogP contribution in [0.15, 0.2) is 41.0 Å². The van der Waals surface area contributed by atoms with E-state index in [1.807, 2.05) is 28.8 Å². The van der Waals surface area contributed by atoms with Gasteiger partial charge >= 0.3 is 0 Å². The zero-order valence-electron chi connectivity index (χ0n) is 9.64. The third-order valence-corrected chi connectivity index (χ3v) is 3.56. The second-order valence-corrected chi connectivity index (χ2v) is 5.38. The van der Waals surface area contributed by atoms with Gasteiger partial charge in [0.2, 0.25) is 0 Å². The van der Waals surface area contributed by atoms with Crippen molar-refractivity contribution in [3.05, 3.63) is 51.3 Å². The quantitative estimate of drug-likeness (QED) is 0.683. The molecular weight excluding hydrogens is 310 g/mol. The first kappa shape index (κ1) is 11.6. The van der Waals surface area contributed by atoms with Crippen LogP contribution in [0.5, 0.6) is 0 Å². The minimum atomic E-state index is 0.657. The fraction of sp³-hybridized carbons (Fsp3) is 0.0769. The highest BCUT2D eigenvalue weighted by Crippen LogP contribution is 2.22. The summed E-state index contributed by atoms with van der Waals surface area (Å²) in [4.78, 5) is 7.62. The number of imidazole rings is 1. The van der Waals surface area contributed by atoms with Gasteiger partial charge in [-0.1, -0.05) is 18.2 Å². The summed E-state index contributed by atoms with van der Waals surface area (Å²) >= 11 is 8.80. The van der Waals surface area contributed by atoms with Crippen molar-refractivity contribution in [2.24, 2.45) is 0 Å². The average Bonchev–Trinajstić information content (AvgIpc) is 2.65. The van der Waals surface area contributed by atoms with Crippen LogP contribution in [0.3, 0.4) is 0 Å². The minimum absolute atomic E-state index is 0.657. The summed E-state index contributed by atoms with van der Waals surface area (Å²) in [7, 11) is 0. The number of hydrogen-bond donors (Lipinski definition) is 1. The highest BCUT2D eigenvalue weighted by atomic mass is 79.9. The molecule has 0 unspecified atom stereocenters. The fourth-order valence-electron chi connectivity index (χ4n) is 2.01. The Labute approximate surface area is 118 Å². The topological polar surface area (TPSA) is 33.6 Å². The summed E-state index contributed by atoms with van der Waals surface area (Å²) < 4.78 is 3.56. The number of nitrogens with zero attached hydrogens (tertiary/aromatic N) is 2. The number of benzene rings is 1. The van der Waals surface area contributed by atoms with E-state index in [4.69, 9.17) is 12.2 Å². The number of aryl methyl sites for hydroxylation is 1. The molecule has 0 saturated heterocycles. The molecule has 1 aromatic carbocycles. The van der Waals surface area contributed by atoms with Crippen LogP contribution < -0.4 is 0 Å². The summed E-state index contributed by atoms with van der Waals surface area (Å²) in [6.07, 6.45) is 1.78. The Balaban J connectivity index is 2.40. The van der Waals surface area contributed by atoms with Gasteiger partial charge in [-0.15, -0.1) is 0 Å². The van der Waals surface area contributed by atoms with E-state index in [0.717, 1.165) is 21.3 Å². The summed E-state index contributed by atoms with van der Waals surface area (Å²) in [6, 6.07) is 10.1. The van der Waals surface area contributed by atoms with Gasteiger partial charge in [0.05, 0.1) is 11.2 Å². The molecule has 3 nitrogen and oxygen atoms in total.